The molecule has 0 radical (unpaired) electrons. The maximum absolute atomic E-state index is 12.5. The van der Waals surface area contributed by atoms with Crippen LogP contribution in [0, 0.1) is 6.92 Å². The van der Waals surface area contributed by atoms with Crippen LogP contribution >= 0.6 is 0 Å². The molecular formula is C17H19N3O. The molecule has 4 heteroatoms. The van der Waals surface area contributed by atoms with Crippen molar-refractivity contribution < 1.29 is 4.79 Å². The summed E-state index contributed by atoms with van der Waals surface area (Å²) in [7, 11) is 0. The molecule has 2 aromatic heterocycles. The minimum atomic E-state index is 0.0699. The van der Waals surface area contributed by atoms with Crippen LogP contribution in [0.2, 0.25) is 0 Å². The third-order valence-corrected chi connectivity index (χ3v) is 3.95. The fourth-order valence-electron chi connectivity index (χ4n) is 2.87. The largest absolute Gasteiger partial charge is 0.338 e. The summed E-state index contributed by atoms with van der Waals surface area (Å²) >= 11 is 0. The van der Waals surface area contributed by atoms with E-state index in [2.05, 4.69) is 16.0 Å². The summed E-state index contributed by atoms with van der Waals surface area (Å²) in [4.78, 5) is 23.1. The quantitative estimate of drug-likeness (QED) is 0.850. The van der Waals surface area contributed by atoms with Crippen LogP contribution in [0.15, 0.2) is 42.7 Å². The van der Waals surface area contributed by atoms with Crippen molar-refractivity contribution in [3.8, 4) is 0 Å². The van der Waals surface area contributed by atoms with Gasteiger partial charge in [0.15, 0.2) is 0 Å². The standard InChI is InChI=1S/C17H19N3O/c1-13-5-2-8-16(19-13)15-7-4-10-20(12-15)17(21)14-6-3-9-18-11-14/h2-3,5-6,8-9,11,15H,4,7,10,12H2,1H3. The molecule has 1 atom stereocenters. The monoisotopic (exact) mass is 281 g/mol. The van der Waals surface area contributed by atoms with Crippen LogP contribution in [0.4, 0.5) is 0 Å². The van der Waals surface area contributed by atoms with E-state index >= 15 is 0 Å². The molecule has 1 aliphatic rings. The molecular weight excluding hydrogens is 262 g/mol. The van der Waals surface area contributed by atoms with Crippen molar-refractivity contribution >= 4 is 5.91 Å². The van der Waals surface area contributed by atoms with Crippen molar-refractivity contribution in [2.45, 2.75) is 25.7 Å². The Labute approximate surface area is 124 Å². The topological polar surface area (TPSA) is 46.1 Å². The van der Waals surface area contributed by atoms with Crippen LogP contribution in [0.25, 0.3) is 0 Å². The molecule has 0 spiro atoms. The molecule has 0 aliphatic carbocycles. The van der Waals surface area contributed by atoms with E-state index in [0.29, 0.717) is 11.5 Å². The van der Waals surface area contributed by atoms with Gasteiger partial charge in [-0.2, -0.15) is 0 Å². The Balaban J connectivity index is 1.75. The maximum Gasteiger partial charge on any atom is 0.255 e. The SMILES string of the molecule is Cc1cccc(C2CCCN(C(=O)c3cccnc3)C2)n1. The van der Waals surface area contributed by atoms with Gasteiger partial charge in [-0.05, 0) is 44.0 Å². The Morgan fingerprint density at radius 2 is 2.19 bits per heavy atom. The minimum Gasteiger partial charge on any atom is -0.338 e. The van der Waals surface area contributed by atoms with Gasteiger partial charge in [-0.25, -0.2) is 0 Å². The van der Waals surface area contributed by atoms with Crippen LogP contribution in [-0.2, 0) is 0 Å². The highest BCUT2D eigenvalue weighted by Crippen LogP contribution is 2.26. The number of amides is 1. The third-order valence-electron chi connectivity index (χ3n) is 3.95. The summed E-state index contributed by atoms with van der Waals surface area (Å²) in [6.07, 6.45) is 5.43. The predicted molar refractivity (Wildman–Crippen MR) is 81.1 cm³/mol. The number of likely N-dealkylation sites (tertiary alicyclic amines) is 1. The zero-order chi connectivity index (χ0) is 14.7. The lowest BCUT2D eigenvalue weighted by Gasteiger charge is -2.32. The molecule has 108 valence electrons. The summed E-state index contributed by atoms with van der Waals surface area (Å²) in [6.45, 7) is 3.56. The van der Waals surface area contributed by atoms with E-state index < -0.39 is 0 Å². The molecule has 1 unspecified atom stereocenters. The molecule has 1 fully saturated rings. The molecule has 1 aliphatic heterocycles. The third kappa shape index (κ3) is 3.10. The normalized spacial score (nSPS) is 18.5. The number of pyridine rings is 2. The number of carbonyl (C=O) groups excluding carboxylic acids is 1. The summed E-state index contributed by atoms with van der Waals surface area (Å²) in [5.74, 6) is 0.403. The summed E-state index contributed by atoms with van der Waals surface area (Å²) in [5.41, 5.74) is 2.79. The van der Waals surface area contributed by atoms with Gasteiger partial charge in [0.2, 0.25) is 0 Å². The average Bonchev–Trinajstić information content (AvgIpc) is 2.55. The van der Waals surface area contributed by atoms with E-state index in [1.54, 1.807) is 18.5 Å². The second kappa shape index (κ2) is 6.04. The smallest absolute Gasteiger partial charge is 0.255 e. The zero-order valence-corrected chi connectivity index (χ0v) is 12.2. The Morgan fingerprint density at radius 3 is 2.95 bits per heavy atom. The fourth-order valence-corrected chi connectivity index (χ4v) is 2.87. The summed E-state index contributed by atoms with van der Waals surface area (Å²) < 4.78 is 0. The zero-order valence-electron chi connectivity index (χ0n) is 12.2. The lowest BCUT2D eigenvalue weighted by molar-refractivity contribution is 0.0705. The first-order chi connectivity index (χ1) is 10.2. The molecule has 21 heavy (non-hydrogen) atoms. The molecule has 0 N–H and O–H groups in total. The molecule has 3 heterocycles. The van der Waals surface area contributed by atoms with Crippen molar-refractivity contribution in [2.24, 2.45) is 0 Å². The molecule has 2 aromatic rings. The van der Waals surface area contributed by atoms with E-state index in [0.717, 1.165) is 37.3 Å². The Hall–Kier alpha value is -2.23. The highest BCUT2D eigenvalue weighted by Gasteiger charge is 2.26. The Kier molecular flexibility index (Phi) is 3.95. The van der Waals surface area contributed by atoms with Gasteiger partial charge in [-0.1, -0.05) is 6.07 Å². The van der Waals surface area contributed by atoms with Gasteiger partial charge in [0.05, 0.1) is 5.56 Å². The Bertz CT molecular complexity index is 627. The van der Waals surface area contributed by atoms with E-state index in [1.807, 2.05) is 30.0 Å². The molecule has 3 rings (SSSR count). The number of carbonyl (C=O) groups is 1. The van der Waals surface area contributed by atoms with Gasteiger partial charge >= 0.3 is 0 Å². The summed E-state index contributed by atoms with van der Waals surface area (Å²) in [5, 5.41) is 0. The van der Waals surface area contributed by atoms with Gasteiger partial charge < -0.3 is 4.90 Å². The van der Waals surface area contributed by atoms with Gasteiger partial charge in [-0.15, -0.1) is 0 Å². The van der Waals surface area contributed by atoms with Crippen molar-refractivity contribution in [1.82, 2.24) is 14.9 Å². The van der Waals surface area contributed by atoms with Crippen LogP contribution in [0.5, 0.6) is 0 Å². The second-order valence-corrected chi connectivity index (χ2v) is 5.54. The minimum absolute atomic E-state index is 0.0699. The number of nitrogens with zero attached hydrogens (tertiary/aromatic N) is 3. The number of aromatic nitrogens is 2. The van der Waals surface area contributed by atoms with Gasteiger partial charge in [0.1, 0.15) is 0 Å². The number of piperidine rings is 1. The number of hydrogen-bond acceptors (Lipinski definition) is 3. The van der Waals surface area contributed by atoms with Crippen LogP contribution in [0.3, 0.4) is 0 Å². The van der Waals surface area contributed by atoms with Crippen LogP contribution in [0.1, 0.15) is 40.5 Å². The van der Waals surface area contributed by atoms with E-state index in [9.17, 15) is 4.79 Å². The first-order valence-corrected chi connectivity index (χ1v) is 7.37. The van der Waals surface area contributed by atoms with E-state index in [1.165, 1.54) is 0 Å². The number of aryl methyl sites for hydroxylation is 1. The lowest BCUT2D eigenvalue weighted by Crippen LogP contribution is -2.39. The molecule has 0 saturated carbocycles. The number of hydrogen-bond donors (Lipinski definition) is 0. The van der Waals surface area contributed by atoms with Crippen molar-refractivity contribution in [3.05, 3.63) is 59.7 Å². The molecule has 4 nitrogen and oxygen atoms in total. The average molecular weight is 281 g/mol. The first kappa shape index (κ1) is 13.7. The molecule has 1 saturated heterocycles. The van der Waals surface area contributed by atoms with Gasteiger partial charge in [0.25, 0.3) is 5.91 Å². The molecule has 0 bridgehead atoms. The van der Waals surface area contributed by atoms with Crippen molar-refractivity contribution in [1.29, 1.82) is 0 Å². The van der Waals surface area contributed by atoms with Gasteiger partial charge in [-0.3, -0.25) is 14.8 Å². The second-order valence-electron chi connectivity index (χ2n) is 5.54. The highest BCUT2D eigenvalue weighted by atomic mass is 16.2. The molecule has 1 amide bonds. The Morgan fingerprint density at radius 1 is 1.29 bits per heavy atom. The fraction of sp³-hybridized carbons (Fsp3) is 0.353. The van der Waals surface area contributed by atoms with Crippen LogP contribution in [-0.4, -0.2) is 33.9 Å². The van der Waals surface area contributed by atoms with Crippen molar-refractivity contribution in [2.75, 3.05) is 13.1 Å². The highest BCUT2D eigenvalue weighted by molar-refractivity contribution is 5.93. The maximum atomic E-state index is 12.5. The van der Waals surface area contributed by atoms with Crippen LogP contribution < -0.4 is 0 Å². The lowest BCUT2D eigenvalue weighted by atomic mass is 9.93. The number of rotatable bonds is 2. The van der Waals surface area contributed by atoms with Gasteiger partial charge in [0, 0.05) is 42.8 Å². The molecule has 0 aromatic carbocycles. The van der Waals surface area contributed by atoms with E-state index in [-0.39, 0.29) is 5.91 Å². The van der Waals surface area contributed by atoms with Crippen molar-refractivity contribution in [3.63, 3.8) is 0 Å². The predicted octanol–water partition coefficient (Wildman–Crippen LogP) is 2.80. The first-order valence-electron chi connectivity index (χ1n) is 7.37. The summed E-state index contributed by atoms with van der Waals surface area (Å²) in [6, 6.07) is 9.74. The van der Waals surface area contributed by atoms with E-state index in [4.69, 9.17) is 0 Å².